The number of amides is 1. The Labute approximate surface area is 262 Å². The number of carbonyl (C=O) groups excluding carboxylic acids is 1. The molecule has 0 aromatic carbocycles. The van der Waals surface area contributed by atoms with E-state index >= 15 is 0 Å². The second kappa shape index (κ2) is 13.0. The van der Waals surface area contributed by atoms with Gasteiger partial charge in [0.15, 0.2) is 11.0 Å². The topological polar surface area (TPSA) is 168 Å². The zero-order valence-electron chi connectivity index (χ0n) is 26.1. The van der Waals surface area contributed by atoms with Gasteiger partial charge >= 0.3 is 11.9 Å². The van der Waals surface area contributed by atoms with E-state index in [1.165, 1.54) is 11.8 Å². The van der Waals surface area contributed by atoms with Crippen molar-refractivity contribution in [2.24, 2.45) is 17.8 Å². The molecule has 0 saturated carbocycles. The lowest BCUT2D eigenvalue weighted by atomic mass is 9.91. The molecule has 6 atom stereocenters. The molecule has 3 fully saturated rings. The predicted molar refractivity (Wildman–Crippen MR) is 172 cm³/mol. The summed E-state index contributed by atoms with van der Waals surface area (Å²) in [6.45, 7) is 10.0. The molecule has 1 amide bonds. The maximum absolute atomic E-state index is 12.6. The zero-order valence-corrected chi connectivity index (χ0v) is 27.0. The number of hydrogen-bond donors (Lipinski definition) is 7. The number of thiol groups is 1. The molecule has 5 rings (SSSR count). The molecule has 0 spiro atoms. The van der Waals surface area contributed by atoms with Crippen LogP contribution in [0.3, 0.4) is 0 Å². The maximum atomic E-state index is 12.6. The first-order valence-corrected chi connectivity index (χ1v) is 16.7. The van der Waals surface area contributed by atoms with Crippen LogP contribution in [0.1, 0.15) is 78.6 Å². The molecule has 2 unspecified atom stereocenters. The van der Waals surface area contributed by atoms with Gasteiger partial charge in [-0.1, -0.05) is 19.9 Å². The van der Waals surface area contributed by atoms with Crippen LogP contribution in [-0.2, 0) is 51.8 Å². The average molecular weight is 626 g/mol. The number of carbonyl (C=O) groups is 3. The Morgan fingerprint density at radius 1 is 0.955 bits per heavy atom. The molecule has 2 aromatic heterocycles. The summed E-state index contributed by atoms with van der Waals surface area (Å²) in [6, 6.07) is 0.0219. The number of aromatic amines is 2. The summed E-state index contributed by atoms with van der Waals surface area (Å²) in [7, 11) is 0. The molecule has 7 N–H and O–H groups in total. The molecule has 3 aliphatic heterocycles. The van der Waals surface area contributed by atoms with Gasteiger partial charge in [-0.15, -0.1) is 0 Å². The predicted octanol–water partition coefficient (Wildman–Crippen LogP) is 2.92. The number of hydrogen-bond acceptors (Lipinski definition) is 5. The number of aliphatic carboxylic acids is 2. The first kappa shape index (κ1) is 32.1. The minimum atomic E-state index is -0.873. The van der Waals surface area contributed by atoms with Crippen molar-refractivity contribution in [1.82, 2.24) is 20.6 Å². The lowest BCUT2D eigenvalue weighted by Gasteiger charge is -2.15. The third-order valence-electron chi connectivity index (χ3n) is 9.87. The molecule has 2 aromatic rings. The third-order valence-corrected chi connectivity index (χ3v) is 11.0. The summed E-state index contributed by atoms with van der Waals surface area (Å²) < 4.78 is 0. The molecule has 44 heavy (non-hydrogen) atoms. The smallest absolute Gasteiger partial charge is 0.303 e. The van der Waals surface area contributed by atoms with Crippen LogP contribution in [0.4, 0.5) is 0 Å². The van der Waals surface area contributed by atoms with Crippen molar-refractivity contribution in [3.05, 3.63) is 62.4 Å². The van der Waals surface area contributed by atoms with Crippen LogP contribution in [0, 0.1) is 31.6 Å². The van der Waals surface area contributed by atoms with E-state index in [0.717, 1.165) is 62.1 Å². The molecular weight excluding hydrogens is 580 g/mol. The zero-order chi connectivity index (χ0) is 31.9. The Hall–Kier alpha value is -3.28. The van der Waals surface area contributed by atoms with Crippen molar-refractivity contribution in [2.45, 2.75) is 90.7 Å². The minimum absolute atomic E-state index is 0.00258. The monoisotopic (exact) mass is 625 g/mol. The quantitative estimate of drug-likeness (QED) is 0.0824. The molecule has 0 aliphatic carbocycles. The van der Waals surface area contributed by atoms with Gasteiger partial charge in [-0.05, 0) is 85.2 Å². The first-order chi connectivity index (χ1) is 20.9. The van der Waals surface area contributed by atoms with E-state index in [2.05, 4.69) is 27.5 Å². The molecular formula is C33H45N4O6S+. The molecule has 3 saturated heterocycles. The number of carboxylic acids is 2. The fraction of sp³-hybridized carbons (Fsp3) is 0.545. The van der Waals surface area contributed by atoms with Gasteiger partial charge in [0, 0.05) is 66.1 Å². The fourth-order valence-corrected chi connectivity index (χ4v) is 8.13. The average Bonchev–Trinajstić information content (AvgIpc) is 3.53. The highest BCUT2D eigenvalue weighted by atomic mass is 32.2. The van der Waals surface area contributed by atoms with Crippen LogP contribution in [0.2, 0.25) is 0 Å². The van der Waals surface area contributed by atoms with Crippen molar-refractivity contribution in [3.63, 3.8) is 0 Å². The molecule has 5 heterocycles. The number of aliphatic hydroxyl groups is 1. The normalized spacial score (nSPS) is 28.3. The van der Waals surface area contributed by atoms with Crippen molar-refractivity contribution in [2.75, 3.05) is 5.75 Å². The highest BCUT2D eigenvalue weighted by molar-refractivity contribution is 7.86. The Kier molecular flexibility index (Phi) is 9.48. The van der Waals surface area contributed by atoms with Crippen molar-refractivity contribution in [1.29, 1.82) is 0 Å². The highest BCUT2D eigenvalue weighted by Crippen LogP contribution is 2.38. The lowest BCUT2D eigenvalue weighted by Crippen LogP contribution is -2.32. The summed E-state index contributed by atoms with van der Waals surface area (Å²) in [5, 5.41) is 36.3. The second-order valence-electron chi connectivity index (χ2n) is 12.6. The van der Waals surface area contributed by atoms with Crippen LogP contribution in [-0.4, -0.2) is 66.4 Å². The molecule has 238 valence electrons. The summed E-state index contributed by atoms with van der Waals surface area (Å²) in [5.41, 5.74) is 9.41. The second-order valence-corrected chi connectivity index (χ2v) is 14.0. The molecule has 0 bridgehead atoms. The van der Waals surface area contributed by atoms with Gasteiger partial charge in [-0.3, -0.25) is 19.7 Å². The van der Waals surface area contributed by atoms with E-state index in [9.17, 15) is 29.7 Å². The maximum Gasteiger partial charge on any atom is 0.303 e. The van der Waals surface area contributed by atoms with Gasteiger partial charge in [-0.25, -0.2) is 0 Å². The summed E-state index contributed by atoms with van der Waals surface area (Å²) in [6.07, 6.45) is 5.11. The SMILES string of the molecule is C/C=C1\C(O)N[C@H](Cc2[nH]c(Cc3[nH]c(/C=C4\NC(=O)[C@H](C)[C@H]4[C@@H]4C[SH+]4)c(C)c3CCC(=O)O)c(CCC(=O)O)c2C)C1C. The van der Waals surface area contributed by atoms with E-state index in [-0.39, 0.29) is 42.5 Å². The standard InChI is InChI=1S/C33H44N4O6S/c1-6-19-15(2)24(36-33(19)43)11-22-16(3)20(7-9-29(38)39)25(34-22)13-26-21(8-10-30(40)41)17(4)23(35-26)12-27-31(28-14-44-28)18(5)32(42)37-27/h6,12,15,18,24,28,31,33-36,43H,7-11,13-14H2,1-5H3,(H,37,42)(H,38,39)(H,40,41)/p+1/b19-6-,27-12-/t15?,18-,24-,28+,31-,33?/m1/s1. The number of carboxylic acid groups (broad SMARTS) is 2. The van der Waals surface area contributed by atoms with Gasteiger partial charge < -0.3 is 30.6 Å². The molecule has 11 heteroatoms. The third kappa shape index (κ3) is 6.55. The van der Waals surface area contributed by atoms with Crippen LogP contribution in [0.15, 0.2) is 17.3 Å². The first-order valence-electron chi connectivity index (χ1n) is 15.5. The highest BCUT2D eigenvalue weighted by Gasteiger charge is 2.52. The van der Waals surface area contributed by atoms with Gasteiger partial charge in [-0.2, -0.15) is 0 Å². The number of allylic oxidation sites excluding steroid dienone is 2. The van der Waals surface area contributed by atoms with Gasteiger partial charge in [0.2, 0.25) is 5.91 Å². The van der Waals surface area contributed by atoms with E-state index in [1.54, 1.807) is 0 Å². The van der Waals surface area contributed by atoms with Crippen LogP contribution >= 0.6 is 0 Å². The van der Waals surface area contributed by atoms with E-state index in [4.69, 9.17) is 0 Å². The number of H-pyrrole nitrogens is 2. The molecule has 3 aliphatic rings. The largest absolute Gasteiger partial charge is 0.481 e. The van der Waals surface area contributed by atoms with Gasteiger partial charge in [0.05, 0.1) is 5.92 Å². The van der Waals surface area contributed by atoms with Gasteiger partial charge in [0.1, 0.15) is 6.23 Å². The van der Waals surface area contributed by atoms with E-state index < -0.39 is 18.2 Å². The number of aliphatic hydroxyl groups excluding tert-OH is 1. The van der Waals surface area contributed by atoms with Crippen molar-refractivity contribution >= 4 is 35.7 Å². The lowest BCUT2D eigenvalue weighted by molar-refractivity contribution is -0.138. The van der Waals surface area contributed by atoms with E-state index in [0.29, 0.717) is 30.9 Å². The Morgan fingerprint density at radius 3 is 2.14 bits per heavy atom. The van der Waals surface area contributed by atoms with Gasteiger partial charge in [0.25, 0.3) is 0 Å². The minimum Gasteiger partial charge on any atom is -0.481 e. The Morgan fingerprint density at radius 2 is 1.57 bits per heavy atom. The van der Waals surface area contributed by atoms with E-state index in [1.807, 2.05) is 39.8 Å². The number of aromatic nitrogens is 2. The fourth-order valence-electron chi connectivity index (χ4n) is 7.14. The van der Waals surface area contributed by atoms with Crippen LogP contribution in [0.25, 0.3) is 6.08 Å². The Bertz CT molecular complexity index is 1520. The Balaban J connectivity index is 1.50. The summed E-state index contributed by atoms with van der Waals surface area (Å²) in [5.74, 6) is -0.389. The van der Waals surface area contributed by atoms with Crippen molar-refractivity contribution < 1.29 is 29.7 Å². The summed E-state index contributed by atoms with van der Waals surface area (Å²) >= 11 is 1.37. The molecule has 0 radical (unpaired) electrons. The van der Waals surface area contributed by atoms with Crippen LogP contribution in [0.5, 0.6) is 0 Å². The van der Waals surface area contributed by atoms with Crippen molar-refractivity contribution in [3.8, 4) is 0 Å². The molecule has 10 nitrogen and oxygen atoms in total. The number of rotatable bonds is 12. The number of nitrogens with one attached hydrogen (secondary N) is 4. The van der Waals surface area contributed by atoms with Crippen LogP contribution < -0.4 is 10.6 Å². The summed E-state index contributed by atoms with van der Waals surface area (Å²) in [4.78, 5) is 42.9.